The summed E-state index contributed by atoms with van der Waals surface area (Å²) in [6.45, 7) is 0. The Morgan fingerprint density at radius 1 is 1.08 bits per heavy atom. The minimum atomic E-state index is 0.774. The lowest BCUT2D eigenvalue weighted by molar-refractivity contribution is -0.465. The van der Waals surface area contributed by atoms with Crippen molar-refractivity contribution in [2.24, 2.45) is 0 Å². The van der Waals surface area contributed by atoms with Crippen LogP contribution in [0.3, 0.4) is 0 Å². The number of aromatic nitrogens is 3. The Morgan fingerprint density at radius 3 is 2.72 bits per heavy atom. The topological polar surface area (TPSA) is 69.8 Å². The van der Waals surface area contributed by atoms with E-state index in [0.29, 0.717) is 0 Å². The predicted molar refractivity (Wildman–Crippen MR) is 94.5 cm³/mol. The fourth-order valence-corrected chi connectivity index (χ4v) is 3.90. The summed E-state index contributed by atoms with van der Waals surface area (Å²) in [6.07, 6.45) is 6.86. The highest BCUT2D eigenvalue weighted by molar-refractivity contribution is 5.79. The number of hydrogen-bond donors (Lipinski definition) is 2. The number of H-pyrrole nitrogens is 2. The van der Waals surface area contributed by atoms with Crippen molar-refractivity contribution in [1.29, 1.82) is 5.26 Å². The number of rotatable bonds is 2. The summed E-state index contributed by atoms with van der Waals surface area (Å²) < 4.78 is 2.16. The molecule has 1 aliphatic rings. The number of anilines is 2. The third-order valence-electron chi connectivity index (χ3n) is 4.98. The van der Waals surface area contributed by atoms with E-state index in [1.807, 2.05) is 36.7 Å². The van der Waals surface area contributed by atoms with Crippen LogP contribution in [0.5, 0.6) is 0 Å². The highest BCUT2D eigenvalue weighted by Gasteiger charge is 2.30. The minimum Gasteiger partial charge on any atom is -0.272 e. The monoisotopic (exact) mass is 327 g/mol. The van der Waals surface area contributed by atoms with Gasteiger partial charge in [-0.05, 0) is 37.0 Å². The fourth-order valence-electron chi connectivity index (χ4n) is 3.90. The maximum Gasteiger partial charge on any atom is 0.250 e. The zero-order valence-electron chi connectivity index (χ0n) is 13.6. The van der Waals surface area contributed by atoms with Gasteiger partial charge in [0.1, 0.15) is 28.4 Å². The number of fused-ring (bicyclic) bond motifs is 4. The molecule has 3 heterocycles. The fraction of sp³-hybridized carbons (Fsp3) is 0.150. The second kappa shape index (κ2) is 5.32. The summed E-state index contributed by atoms with van der Waals surface area (Å²) in [5.74, 6) is 1.06. The van der Waals surface area contributed by atoms with Crippen molar-refractivity contribution in [2.45, 2.75) is 19.3 Å². The van der Waals surface area contributed by atoms with Crippen LogP contribution in [0, 0.1) is 11.3 Å². The summed E-state index contributed by atoms with van der Waals surface area (Å²) in [6, 6.07) is 14.6. The molecule has 0 spiro atoms. The summed E-state index contributed by atoms with van der Waals surface area (Å²) in [5.41, 5.74) is 7.22. The van der Waals surface area contributed by atoms with Crippen LogP contribution in [0.15, 0.2) is 48.8 Å². The first-order valence-corrected chi connectivity index (χ1v) is 8.50. The molecule has 0 atom stereocenters. The average Bonchev–Trinajstić information content (AvgIpc) is 3.27. The average molecular weight is 327 g/mol. The molecule has 1 aromatic carbocycles. The quantitative estimate of drug-likeness (QED) is 0.556. The zero-order valence-corrected chi connectivity index (χ0v) is 13.6. The number of nitrogens with one attached hydrogen (secondary N) is 3. The second-order valence-electron chi connectivity index (χ2n) is 6.39. The van der Waals surface area contributed by atoms with Crippen LogP contribution in [-0.4, -0.2) is 4.98 Å². The van der Waals surface area contributed by atoms with E-state index in [0.717, 1.165) is 53.0 Å². The second-order valence-corrected chi connectivity index (χ2v) is 6.39. The lowest BCUT2D eigenvalue weighted by atomic mass is 10.1. The van der Waals surface area contributed by atoms with Gasteiger partial charge >= 0.3 is 0 Å². The highest BCUT2D eigenvalue weighted by atomic mass is 15.1. The van der Waals surface area contributed by atoms with E-state index in [4.69, 9.17) is 0 Å². The van der Waals surface area contributed by atoms with Crippen LogP contribution in [0.2, 0.25) is 0 Å². The molecule has 0 bridgehead atoms. The number of imidazole rings is 1. The Balaban J connectivity index is 1.90. The Bertz CT molecular complexity index is 1150. The molecule has 4 aromatic rings. The van der Waals surface area contributed by atoms with Gasteiger partial charge in [0.2, 0.25) is 11.5 Å². The SMILES string of the molecule is N#Cc1c2c(c(Nc3cc[nH+]cc3)[n+]3c1[nH]c1ccccc13)CCC2. The van der Waals surface area contributed by atoms with Gasteiger partial charge in [0.05, 0.1) is 0 Å². The largest absolute Gasteiger partial charge is 0.272 e. The number of para-hydroxylation sites is 2. The van der Waals surface area contributed by atoms with Gasteiger partial charge < -0.3 is 0 Å². The Morgan fingerprint density at radius 2 is 1.88 bits per heavy atom. The molecule has 0 fully saturated rings. The van der Waals surface area contributed by atoms with Crippen LogP contribution in [-0.2, 0) is 12.8 Å². The molecule has 0 amide bonds. The molecule has 0 saturated carbocycles. The smallest absolute Gasteiger partial charge is 0.250 e. The lowest BCUT2D eigenvalue weighted by Gasteiger charge is -2.10. The number of aromatic amines is 2. The van der Waals surface area contributed by atoms with Crippen molar-refractivity contribution in [1.82, 2.24) is 4.98 Å². The standard InChI is InChI=1S/C20H15N5/c21-12-16-14-4-3-5-15(14)19(23-13-8-10-22-11-9-13)25-18-7-2-1-6-17(18)24-20(16)25/h1-2,6-11H,3-5H2,(H,22,23,24)/p+2. The van der Waals surface area contributed by atoms with Crippen LogP contribution in [0.1, 0.15) is 23.1 Å². The number of nitriles is 1. The van der Waals surface area contributed by atoms with Crippen LogP contribution >= 0.6 is 0 Å². The molecular weight excluding hydrogens is 310 g/mol. The van der Waals surface area contributed by atoms with E-state index in [-0.39, 0.29) is 0 Å². The first kappa shape index (κ1) is 14.0. The van der Waals surface area contributed by atoms with Gasteiger partial charge in [0.25, 0.3) is 0 Å². The maximum atomic E-state index is 9.80. The van der Waals surface area contributed by atoms with E-state index >= 15 is 0 Å². The lowest BCUT2D eigenvalue weighted by Crippen LogP contribution is -2.28. The van der Waals surface area contributed by atoms with Crippen molar-refractivity contribution < 1.29 is 9.38 Å². The molecule has 1 aliphatic carbocycles. The number of nitrogens with zero attached hydrogens (tertiary/aromatic N) is 2. The van der Waals surface area contributed by atoms with Gasteiger partial charge in [0.15, 0.2) is 12.4 Å². The Kier molecular flexibility index (Phi) is 2.98. The first-order valence-electron chi connectivity index (χ1n) is 8.50. The molecule has 5 heteroatoms. The normalized spacial score (nSPS) is 13.1. The third kappa shape index (κ3) is 2.01. The van der Waals surface area contributed by atoms with Gasteiger partial charge in [-0.2, -0.15) is 9.66 Å². The van der Waals surface area contributed by atoms with E-state index < -0.39 is 0 Å². The molecule has 3 aromatic heterocycles. The van der Waals surface area contributed by atoms with Gasteiger partial charge in [-0.25, -0.2) is 4.98 Å². The summed E-state index contributed by atoms with van der Waals surface area (Å²) in [5, 5.41) is 13.4. The molecule has 0 aliphatic heterocycles. The van der Waals surface area contributed by atoms with Crippen LogP contribution in [0.25, 0.3) is 16.7 Å². The van der Waals surface area contributed by atoms with Crippen molar-refractivity contribution >= 4 is 28.2 Å². The number of hydrogen-bond acceptors (Lipinski definition) is 2. The van der Waals surface area contributed by atoms with Crippen LogP contribution < -0.4 is 14.7 Å². The van der Waals surface area contributed by atoms with Gasteiger partial charge in [-0.1, -0.05) is 12.1 Å². The summed E-state index contributed by atoms with van der Waals surface area (Å²) >= 11 is 0. The van der Waals surface area contributed by atoms with Crippen molar-refractivity contribution in [3.63, 3.8) is 0 Å². The highest BCUT2D eigenvalue weighted by Crippen LogP contribution is 2.33. The molecule has 0 radical (unpaired) electrons. The molecule has 5 nitrogen and oxygen atoms in total. The Hall–Kier alpha value is -3.39. The van der Waals surface area contributed by atoms with E-state index in [2.05, 4.69) is 37.9 Å². The van der Waals surface area contributed by atoms with Gasteiger partial charge in [-0.15, -0.1) is 0 Å². The van der Waals surface area contributed by atoms with Crippen molar-refractivity contribution in [2.75, 3.05) is 5.32 Å². The van der Waals surface area contributed by atoms with Crippen LogP contribution in [0.4, 0.5) is 11.5 Å². The maximum absolute atomic E-state index is 9.80. The zero-order chi connectivity index (χ0) is 16.8. The molecule has 3 N–H and O–H groups in total. The predicted octanol–water partition coefficient (Wildman–Crippen LogP) is 2.82. The molecule has 25 heavy (non-hydrogen) atoms. The molecule has 0 saturated heterocycles. The number of pyridine rings is 2. The van der Waals surface area contributed by atoms with Gasteiger partial charge in [0, 0.05) is 17.7 Å². The van der Waals surface area contributed by atoms with E-state index in [1.54, 1.807) is 0 Å². The molecule has 0 unspecified atom stereocenters. The minimum absolute atomic E-state index is 0.774. The number of benzene rings is 1. The Labute approximate surface area is 144 Å². The third-order valence-corrected chi connectivity index (χ3v) is 4.98. The molecular formula is C20H17N5+2. The molecule has 120 valence electrons. The summed E-state index contributed by atoms with van der Waals surface area (Å²) in [4.78, 5) is 6.50. The van der Waals surface area contributed by atoms with Crippen molar-refractivity contribution in [3.8, 4) is 6.07 Å². The van der Waals surface area contributed by atoms with E-state index in [1.165, 1.54) is 11.1 Å². The van der Waals surface area contributed by atoms with Crippen molar-refractivity contribution in [3.05, 3.63) is 65.5 Å². The summed E-state index contributed by atoms with van der Waals surface area (Å²) in [7, 11) is 0. The first-order chi connectivity index (χ1) is 12.4. The van der Waals surface area contributed by atoms with E-state index in [9.17, 15) is 5.26 Å². The molecule has 5 rings (SSSR count). The van der Waals surface area contributed by atoms with Gasteiger partial charge in [-0.3, -0.25) is 10.3 Å².